The zero-order valence-electron chi connectivity index (χ0n) is 7.09. The second-order valence-corrected chi connectivity index (χ2v) is 3.95. The van der Waals surface area contributed by atoms with Crippen molar-refractivity contribution in [3.05, 3.63) is 33.8 Å². The molecule has 0 aromatic heterocycles. The number of hydrogen-bond donors (Lipinski definition) is 0. The van der Waals surface area contributed by atoms with Crippen molar-refractivity contribution >= 4 is 33.8 Å². The van der Waals surface area contributed by atoms with Gasteiger partial charge in [-0.05, 0) is 24.5 Å². The van der Waals surface area contributed by atoms with Gasteiger partial charge in [0.2, 0.25) is 0 Å². The van der Waals surface area contributed by atoms with Gasteiger partial charge in [0.1, 0.15) is 6.29 Å². The summed E-state index contributed by atoms with van der Waals surface area (Å²) in [6.07, 6.45) is 2.62. The molecule has 1 aromatic rings. The molecule has 3 heteroatoms. The molecule has 0 fully saturated rings. The Morgan fingerprint density at radius 2 is 2.23 bits per heavy atom. The largest absolute Gasteiger partial charge is 0.298 e. The molecule has 0 radical (unpaired) electrons. The molecule has 0 atom stereocenters. The van der Waals surface area contributed by atoms with Crippen molar-refractivity contribution in [3.63, 3.8) is 0 Å². The van der Waals surface area contributed by atoms with Crippen molar-refractivity contribution in [1.82, 2.24) is 0 Å². The van der Waals surface area contributed by atoms with Crippen LogP contribution in [0.4, 0.5) is 0 Å². The Bertz CT molecular complexity index is 299. The Morgan fingerprint density at radius 1 is 1.46 bits per heavy atom. The molecule has 70 valence electrons. The fraction of sp³-hybridized carbons (Fsp3) is 0.300. The monoisotopic (exact) mass is 260 g/mol. The Balaban J connectivity index is 2.93. The highest BCUT2D eigenvalue weighted by Crippen LogP contribution is 2.21. The van der Waals surface area contributed by atoms with E-state index in [0.717, 1.165) is 34.7 Å². The minimum absolute atomic E-state index is 0.625. The molecular formula is C10H10BrClO. The van der Waals surface area contributed by atoms with Crippen molar-refractivity contribution in [2.45, 2.75) is 12.8 Å². The van der Waals surface area contributed by atoms with Crippen LogP contribution in [-0.2, 0) is 6.42 Å². The second kappa shape index (κ2) is 5.40. The van der Waals surface area contributed by atoms with E-state index in [0.29, 0.717) is 5.88 Å². The average Bonchev–Trinajstić information content (AvgIpc) is 2.15. The van der Waals surface area contributed by atoms with Gasteiger partial charge in [-0.3, -0.25) is 4.79 Å². The van der Waals surface area contributed by atoms with Gasteiger partial charge in [0, 0.05) is 15.9 Å². The highest BCUT2D eigenvalue weighted by molar-refractivity contribution is 9.10. The number of hydrogen-bond acceptors (Lipinski definition) is 1. The van der Waals surface area contributed by atoms with Crippen molar-refractivity contribution < 1.29 is 4.79 Å². The van der Waals surface area contributed by atoms with Crippen LogP contribution in [0.25, 0.3) is 0 Å². The first-order valence-corrected chi connectivity index (χ1v) is 5.41. The van der Waals surface area contributed by atoms with Crippen LogP contribution >= 0.6 is 27.5 Å². The van der Waals surface area contributed by atoms with E-state index in [1.165, 1.54) is 0 Å². The predicted octanol–water partition coefficient (Wildman–Crippen LogP) is 3.43. The lowest BCUT2D eigenvalue weighted by Crippen LogP contribution is -1.94. The summed E-state index contributed by atoms with van der Waals surface area (Å²) in [4.78, 5) is 10.7. The van der Waals surface area contributed by atoms with Gasteiger partial charge in [0.25, 0.3) is 0 Å². The molecule has 0 heterocycles. The molecule has 13 heavy (non-hydrogen) atoms. The molecule has 0 aliphatic rings. The van der Waals surface area contributed by atoms with Crippen LogP contribution in [0.5, 0.6) is 0 Å². The molecule has 0 saturated carbocycles. The topological polar surface area (TPSA) is 17.1 Å². The number of carbonyl (C=O) groups is 1. The molecule has 0 saturated heterocycles. The SMILES string of the molecule is O=Cc1cccc(Br)c1CCCCl. The first-order valence-electron chi connectivity index (χ1n) is 4.08. The summed E-state index contributed by atoms with van der Waals surface area (Å²) in [6, 6.07) is 5.62. The van der Waals surface area contributed by atoms with Crippen molar-refractivity contribution in [2.24, 2.45) is 0 Å². The molecule has 1 nitrogen and oxygen atoms in total. The molecular weight excluding hydrogens is 251 g/mol. The minimum Gasteiger partial charge on any atom is -0.298 e. The summed E-state index contributed by atoms with van der Waals surface area (Å²) in [6.45, 7) is 0. The Hall–Kier alpha value is -0.340. The quantitative estimate of drug-likeness (QED) is 0.599. The smallest absolute Gasteiger partial charge is 0.150 e. The van der Waals surface area contributed by atoms with E-state index in [1.54, 1.807) is 0 Å². The van der Waals surface area contributed by atoms with Crippen LogP contribution in [0, 0.1) is 0 Å². The van der Waals surface area contributed by atoms with Crippen LogP contribution in [0.3, 0.4) is 0 Å². The van der Waals surface area contributed by atoms with Gasteiger partial charge < -0.3 is 0 Å². The van der Waals surface area contributed by atoms with Crippen LogP contribution in [0.2, 0.25) is 0 Å². The normalized spacial score (nSPS) is 10.0. The molecule has 0 amide bonds. The maximum Gasteiger partial charge on any atom is 0.150 e. The van der Waals surface area contributed by atoms with Gasteiger partial charge in [-0.1, -0.05) is 28.1 Å². The number of rotatable bonds is 4. The van der Waals surface area contributed by atoms with E-state index >= 15 is 0 Å². The summed E-state index contributed by atoms with van der Waals surface area (Å²) in [5.41, 5.74) is 1.80. The van der Waals surface area contributed by atoms with E-state index < -0.39 is 0 Å². The number of benzene rings is 1. The van der Waals surface area contributed by atoms with E-state index in [2.05, 4.69) is 15.9 Å². The van der Waals surface area contributed by atoms with Crippen LogP contribution in [0.15, 0.2) is 22.7 Å². The maximum atomic E-state index is 10.7. The number of aldehydes is 1. The summed E-state index contributed by atoms with van der Waals surface area (Å²) >= 11 is 9.01. The third kappa shape index (κ3) is 2.82. The maximum absolute atomic E-state index is 10.7. The zero-order chi connectivity index (χ0) is 9.68. The lowest BCUT2D eigenvalue weighted by atomic mass is 10.0. The summed E-state index contributed by atoms with van der Waals surface area (Å²) in [5.74, 6) is 0.625. The van der Waals surface area contributed by atoms with Crippen LogP contribution in [-0.4, -0.2) is 12.2 Å². The molecule has 1 aromatic carbocycles. The molecule has 0 unspecified atom stereocenters. The molecule has 0 spiro atoms. The highest BCUT2D eigenvalue weighted by atomic mass is 79.9. The van der Waals surface area contributed by atoms with Crippen molar-refractivity contribution in [2.75, 3.05) is 5.88 Å². The summed E-state index contributed by atoms with van der Waals surface area (Å²) < 4.78 is 0.988. The van der Waals surface area contributed by atoms with E-state index in [1.807, 2.05) is 18.2 Å². The number of halogens is 2. The average molecular weight is 262 g/mol. The summed E-state index contributed by atoms with van der Waals surface area (Å²) in [7, 11) is 0. The van der Waals surface area contributed by atoms with Gasteiger partial charge in [0.15, 0.2) is 0 Å². The Morgan fingerprint density at radius 3 is 2.85 bits per heavy atom. The van der Waals surface area contributed by atoms with Gasteiger partial charge >= 0.3 is 0 Å². The van der Waals surface area contributed by atoms with Crippen LogP contribution in [0.1, 0.15) is 22.3 Å². The van der Waals surface area contributed by atoms with Gasteiger partial charge in [-0.15, -0.1) is 11.6 Å². The van der Waals surface area contributed by atoms with E-state index in [-0.39, 0.29) is 0 Å². The lowest BCUT2D eigenvalue weighted by molar-refractivity contribution is 0.112. The molecule has 0 N–H and O–H groups in total. The highest BCUT2D eigenvalue weighted by Gasteiger charge is 2.04. The van der Waals surface area contributed by atoms with Crippen LogP contribution < -0.4 is 0 Å². The lowest BCUT2D eigenvalue weighted by Gasteiger charge is -2.05. The molecule has 0 aliphatic heterocycles. The second-order valence-electron chi connectivity index (χ2n) is 2.72. The predicted molar refractivity (Wildman–Crippen MR) is 58.6 cm³/mol. The molecule has 0 aliphatic carbocycles. The number of alkyl halides is 1. The van der Waals surface area contributed by atoms with Gasteiger partial charge in [0.05, 0.1) is 0 Å². The fourth-order valence-corrected chi connectivity index (χ4v) is 1.91. The van der Waals surface area contributed by atoms with Gasteiger partial charge in [-0.2, -0.15) is 0 Å². The Kier molecular flexibility index (Phi) is 4.46. The Labute approximate surface area is 91.2 Å². The first-order chi connectivity index (χ1) is 6.29. The van der Waals surface area contributed by atoms with Crippen molar-refractivity contribution in [3.8, 4) is 0 Å². The fourth-order valence-electron chi connectivity index (χ4n) is 1.19. The third-order valence-corrected chi connectivity index (χ3v) is 2.85. The van der Waals surface area contributed by atoms with E-state index in [4.69, 9.17) is 11.6 Å². The molecule has 0 bridgehead atoms. The summed E-state index contributed by atoms with van der Waals surface area (Å²) in [5, 5.41) is 0. The van der Waals surface area contributed by atoms with Gasteiger partial charge in [-0.25, -0.2) is 0 Å². The molecule has 1 rings (SSSR count). The van der Waals surface area contributed by atoms with Crippen molar-refractivity contribution in [1.29, 1.82) is 0 Å². The van der Waals surface area contributed by atoms with E-state index in [9.17, 15) is 4.79 Å². The number of carbonyl (C=O) groups excluding carboxylic acids is 1. The zero-order valence-corrected chi connectivity index (χ0v) is 9.44. The first kappa shape index (κ1) is 10.7. The minimum atomic E-state index is 0.625. The third-order valence-electron chi connectivity index (χ3n) is 1.84. The standard InChI is InChI=1S/C10H10BrClO/c11-10-5-1-3-8(7-13)9(10)4-2-6-12/h1,3,5,7H,2,4,6H2.